The van der Waals surface area contributed by atoms with E-state index in [1.165, 1.54) is 19.3 Å². The summed E-state index contributed by atoms with van der Waals surface area (Å²) in [7, 11) is 0. The molecule has 1 aromatic carbocycles. The van der Waals surface area contributed by atoms with Crippen molar-refractivity contribution in [2.75, 3.05) is 18.0 Å². The van der Waals surface area contributed by atoms with Crippen LogP contribution in [0.2, 0.25) is 0 Å². The molecular formula is C29H31N7O. The molecule has 6 rings (SSSR count). The normalized spacial score (nSPS) is 14.5. The maximum atomic E-state index is 12.6. The Kier molecular flexibility index (Phi) is 5.74. The van der Waals surface area contributed by atoms with Crippen LogP contribution in [-0.4, -0.2) is 49.0 Å². The van der Waals surface area contributed by atoms with Gasteiger partial charge in [-0.2, -0.15) is 5.10 Å². The monoisotopic (exact) mass is 493 g/mol. The minimum absolute atomic E-state index is 0.197. The first-order valence-corrected chi connectivity index (χ1v) is 12.9. The number of pyridine rings is 2. The Bertz CT molecular complexity index is 1600. The highest BCUT2D eigenvalue weighted by Gasteiger charge is 2.22. The molecule has 1 saturated heterocycles. The van der Waals surface area contributed by atoms with E-state index >= 15 is 0 Å². The zero-order chi connectivity index (χ0) is 25.6. The summed E-state index contributed by atoms with van der Waals surface area (Å²) in [4.78, 5) is 32.3. The van der Waals surface area contributed by atoms with E-state index in [0.29, 0.717) is 12.2 Å². The molecule has 8 heteroatoms. The van der Waals surface area contributed by atoms with Gasteiger partial charge in [0.05, 0.1) is 29.1 Å². The average molecular weight is 494 g/mol. The molecule has 5 heterocycles. The molecule has 1 fully saturated rings. The van der Waals surface area contributed by atoms with Crippen molar-refractivity contribution in [3.05, 3.63) is 54.6 Å². The van der Waals surface area contributed by atoms with Gasteiger partial charge in [-0.25, -0.2) is 4.98 Å². The van der Waals surface area contributed by atoms with Crippen LogP contribution < -0.4 is 4.90 Å². The number of rotatable bonds is 5. The van der Waals surface area contributed by atoms with Crippen LogP contribution in [0.3, 0.4) is 0 Å². The van der Waals surface area contributed by atoms with Gasteiger partial charge in [-0.1, -0.05) is 26.8 Å². The van der Waals surface area contributed by atoms with Crippen molar-refractivity contribution in [1.82, 2.24) is 30.1 Å². The second-order valence-corrected chi connectivity index (χ2v) is 11.0. The number of hydrogen-bond acceptors (Lipinski definition) is 6. The number of anilines is 1. The summed E-state index contributed by atoms with van der Waals surface area (Å²) in [5.74, 6) is 0.912. The van der Waals surface area contributed by atoms with Crippen LogP contribution in [0.25, 0.3) is 44.6 Å². The van der Waals surface area contributed by atoms with Crippen molar-refractivity contribution in [3.63, 3.8) is 0 Å². The van der Waals surface area contributed by atoms with Gasteiger partial charge in [0.2, 0.25) is 0 Å². The summed E-state index contributed by atoms with van der Waals surface area (Å²) in [5.41, 5.74) is 7.13. The van der Waals surface area contributed by atoms with Gasteiger partial charge in [-0.3, -0.25) is 19.9 Å². The molecule has 0 atom stereocenters. The van der Waals surface area contributed by atoms with Crippen LogP contribution in [0.15, 0.2) is 49.1 Å². The van der Waals surface area contributed by atoms with Crippen LogP contribution in [0.1, 0.15) is 45.6 Å². The summed E-state index contributed by atoms with van der Waals surface area (Å²) in [5, 5.41) is 8.73. The predicted molar refractivity (Wildman–Crippen MR) is 146 cm³/mol. The van der Waals surface area contributed by atoms with Crippen LogP contribution in [0.4, 0.5) is 5.69 Å². The molecular weight excluding hydrogens is 462 g/mol. The van der Waals surface area contributed by atoms with Gasteiger partial charge in [0.1, 0.15) is 17.0 Å². The number of carbonyl (C=O) groups is 1. The zero-order valence-electron chi connectivity index (χ0n) is 21.5. The Morgan fingerprint density at radius 2 is 1.76 bits per heavy atom. The van der Waals surface area contributed by atoms with Crippen molar-refractivity contribution in [1.29, 1.82) is 0 Å². The number of benzene rings is 1. The van der Waals surface area contributed by atoms with Crippen LogP contribution >= 0.6 is 0 Å². The van der Waals surface area contributed by atoms with E-state index in [1.807, 2.05) is 51.5 Å². The van der Waals surface area contributed by atoms with Gasteiger partial charge in [-0.15, -0.1) is 0 Å². The summed E-state index contributed by atoms with van der Waals surface area (Å²) in [6.45, 7) is 7.91. The lowest BCUT2D eigenvalue weighted by Gasteiger charge is -2.28. The second kappa shape index (κ2) is 9.10. The second-order valence-electron chi connectivity index (χ2n) is 11.0. The Balaban J connectivity index is 1.37. The van der Waals surface area contributed by atoms with Gasteiger partial charge < -0.3 is 9.88 Å². The molecule has 5 aromatic rings. The highest BCUT2D eigenvalue weighted by molar-refractivity contribution is 5.97. The highest BCUT2D eigenvalue weighted by Crippen LogP contribution is 2.33. The summed E-state index contributed by atoms with van der Waals surface area (Å²) in [6.07, 6.45) is 11.4. The van der Waals surface area contributed by atoms with E-state index < -0.39 is 0 Å². The fourth-order valence-corrected chi connectivity index (χ4v) is 4.96. The molecule has 2 N–H and O–H groups in total. The number of fused-ring (bicyclic) bond motifs is 2. The number of imidazole rings is 1. The topological polar surface area (TPSA) is 103 Å². The van der Waals surface area contributed by atoms with Crippen LogP contribution in [0, 0.1) is 5.41 Å². The van der Waals surface area contributed by atoms with Crippen molar-refractivity contribution in [3.8, 4) is 22.6 Å². The SMILES string of the molecule is CC(C)(C)C(=O)Cc1cncc(-c2ccc3[nH]nc(-c4nc5c(N6CCCCC6)cncc5[nH]4)c3c2)c1. The summed E-state index contributed by atoms with van der Waals surface area (Å²) in [6, 6.07) is 8.23. The maximum Gasteiger partial charge on any atom is 0.159 e. The molecule has 0 bridgehead atoms. The Hall–Kier alpha value is -4.07. The fourth-order valence-electron chi connectivity index (χ4n) is 4.96. The first-order valence-electron chi connectivity index (χ1n) is 12.9. The van der Waals surface area contributed by atoms with Gasteiger partial charge in [0.15, 0.2) is 5.82 Å². The number of carbonyl (C=O) groups excluding carboxylic acids is 1. The molecule has 4 aromatic heterocycles. The Labute approximate surface area is 215 Å². The van der Waals surface area contributed by atoms with Gasteiger partial charge >= 0.3 is 0 Å². The third-order valence-corrected chi connectivity index (χ3v) is 7.19. The molecule has 0 unspecified atom stereocenters. The first-order chi connectivity index (χ1) is 17.9. The number of Topliss-reactive ketones (excluding diaryl/α,β-unsaturated/α-hetero) is 1. The van der Waals surface area contributed by atoms with E-state index in [-0.39, 0.29) is 11.2 Å². The number of aromatic nitrogens is 6. The van der Waals surface area contributed by atoms with E-state index in [1.54, 1.807) is 6.20 Å². The molecule has 0 radical (unpaired) electrons. The maximum absolute atomic E-state index is 12.6. The quantitative estimate of drug-likeness (QED) is 0.325. The summed E-state index contributed by atoms with van der Waals surface area (Å²) < 4.78 is 0. The molecule has 1 aliphatic rings. The van der Waals surface area contributed by atoms with Gasteiger partial charge in [0, 0.05) is 48.3 Å². The number of hydrogen-bond donors (Lipinski definition) is 2. The number of piperidine rings is 1. The minimum atomic E-state index is -0.378. The third-order valence-electron chi connectivity index (χ3n) is 7.19. The zero-order valence-corrected chi connectivity index (χ0v) is 21.5. The lowest BCUT2D eigenvalue weighted by atomic mass is 9.87. The number of nitrogens with one attached hydrogen (secondary N) is 2. The molecule has 1 aliphatic heterocycles. The van der Waals surface area contributed by atoms with Gasteiger partial charge in [0.25, 0.3) is 0 Å². The molecule has 0 saturated carbocycles. The Morgan fingerprint density at radius 3 is 2.57 bits per heavy atom. The average Bonchev–Trinajstić information content (AvgIpc) is 3.52. The van der Waals surface area contributed by atoms with E-state index in [2.05, 4.69) is 42.2 Å². The molecule has 0 aliphatic carbocycles. The minimum Gasteiger partial charge on any atom is -0.368 e. The molecule has 37 heavy (non-hydrogen) atoms. The van der Waals surface area contributed by atoms with E-state index in [0.717, 1.165) is 63.1 Å². The van der Waals surface area contributed by atoms with Crippen LogP contribution in [-0.2, 0) is 11.2 Å². The van der Waals surface area contributed by atoms with Crippen molar-refractivity contribution in [2.24, 2.45) is 5.41 Å². The predicted octanol–water partition coefficient (Wildman–Crippen LogP) is 5.71. The molecule has 0 spiro atoms. The Morgan fingerprint density at radius 1 is 0.946 bits per heavy atom. The van der Waals surface area contributed by atoms with Gasteiger partial charge in [-0.05, 0) is 48.6 Å². The lowest BCUT2D eigenvalue weighted by molar-refractivity contribution is -0.125. The number of aromatic amines is 2. The highest BCUT2D eigenvalue weighted by atomic mass is 16.1. The number of H-pyrrole nitrogens is 2. The van der Waals surface area contributed by atoms with Crippen molar-refractivity contribution in [2.45, 2.75) is 46.5 Å². The first kappa shape index (κ1) is 23.3. The van der Waals surface area contributed by atoms with E-state index in [9.17, 15) is 4.79 Å². The molecule has 0 amide bonds. The number of ketones is 1. The standard InChI is InChI=1S/C29H31N7O/c1-29(2,3)25(37)12-18-11-20(15-30-14-18)19-7-8-22-21(13-19)26(35-34-22)28-32-23-16-31-17-24(27(23)33-28)36-9-5-4-6-10-36/h7-8,11,13-17H,4-6,9-10,12H2,1-3H3,(H,32,33)(H,34,35). The fraction of sp³-hybridized carbons (Fsp3) is 0.345. The largest absolute Gasteiger partial charge is 0.368 e. The molecule has 188 valence electrons. The summed E-state index contributed by atoms with van der Waals surface area (Å²) >= 11 is 0. The van der Waals surface area contributed by atoms with E-state index in [4.69, 9.17) is 4.98 Å². The lowest BCUT2D eigenvalue weighted by Crippen LogP contribution is -2.29. The molecule has 8 nitrogen and oxygen atoms in total. The third kappa shape index (κ3) is 4.48. The van der Waals surface area contributed by atoms with Crippen molar-refractivity contribution < 1.29 is 4.79 Å². The number of nitrogens with zero attached hydrogens (tertiary/aromatic N) is 5. The van der Waals surface area contributed by atoms with Crippen molar-refractivity contribution >= 4 is 33.4 Å². The van der Waals surface area contributed by atoms with Crippen LogP contribution in [0.5, 0.6) is 0 Å². The smallest absolute Gasteiger partial charge is 0.159 e.